The summed E-state index contributed by atoms with van der Waals surface area (Å²) in [6, 6.07) is 12.6. The Morgan fingerprint density at radius 2 is 1.89 bits per heavy atom. The number of carboxylic acids is 1. The highest BCUT2D eigenvalue weighted by Gasteiger charge is 2.11. The molecule has 0 aliphatic heterocycles. The first-order valence-electron chi connectivity index (χ1n) is 5.44. The summed E-state index contributed by atoms with van der Waals surface area (Å²) in [4.78, 5) is 12.8. The van der Waals surface area contributed by atoms with Crippen molar-refractivity contribution in [2.45, 2.75) is 16.7 Å². The zero-order chi connectivity index (χ0) is 13.1. The van der Waals surface area contributed by atoms with Gasteiger partial charge in [-0.25, -0.2) is 4.79 Å². The third-order valence-corrected chi connectivity index (χ3v) is 3.79. The number of anilines is 1. The number of hydrogen-bond donors (Lipinski definition) is 2. The molecule has 2 aromatic rings. The van der Waals surface area contributed by atoms with Crippen LogP contribution in [0.15, 0.2) is 52.3 Å². The Balaban J connectivity index is 2.40. The Kier molecular flexibility index (Phi) is 3.58. The van der Waals surface area contributed by atoms with E-state index >= 15 is 0 Å². The molecule has 0 bridgehead atoms. The largest absolute Gasteiger partial charge is 0.478 e. The first-order valence-corrected chi connectivity index (χ1v) is 6.26. The summed E-state index contributed by atoms with van der Waals surface area (Å²) in [5, 5.41) is 9.13. The summed E-state index contributed by atoms with van der Waals surface area (Å²) in [6.45, 7) is 1.98. The van der Waals surface area contributed by atoms with Crippen LogP contribution in [-0.2, 0) is 0 Å². The summed E-state index contributed by atoms with van der Waals surface area (Å²) in [6.07, 6.45) is 0. The number of carboxylic acid groups (broad SMARTS) is 1. The number of carbonyl (C=O) groups is 1. The smallest absolute Gasteiger partial charge is 0.336 e. The minimum atomic E-state index is -0.917. The third-order valence-electron chi connectivity index (χ3n) is 2.55. The van der Waals surface area contributed by atoms with Gasteiger partial charge in [0.2, 0.25) is 0 Å². The average molecular weight is 259 g/mol. The molecule has 0 saturated heterocycles. The monoisotopic (exact) mass is 259 g/mol. The summed E-state index contributed by atoms with van der Waals surface area (Å²) >= 11 is 1.42. The molecule has 0 atom stereocenters. The number of nitrogens with two attached hydrogens (primary N) is 1. The maximum Gasteiger partial charge on any atom is 0.336 e. The first kappa shape index (κ1) is 12.5. The molecule has 0 heterocycles. The molecule has 0 unspecified atom stereocenters. The highest BCUT2D eigenvalue weighted by Crippen LogP contribution is 2.33. The van der Waals surface area contributed by atoms with Crippen LogP contribution in [0.3, 0.4) is 0 Å². The Morgan fingerprint density at radius 1 is 1.17 bits per heavy atom. The summed E-state index contributed by atoms with van der Waals surface area (Å²) in [5.41, 5.74) is 7.81. The van der Waals surface area contributed by atoms with Crippen LogP contribution in [0.4, 0.5) is 5.69 Å². The molecular weight excluding hydrogens is 246 g/mol. The van der Waals surface area contributed by atoms with Crippen molar-refractivity contribution >= 4 is 23.4 Å². The van der Waals surface area contributed by atoms with Gasteiger partial charge < -0.3 is 10.8 Å². The van der Waals surface area contributed by atoms with Crippen LogP contribution in [0.2, 0.25) is 0 Å². The van der Waals surface area contributed by atoms with Crippen molar-refractivity contribution in [3.63, 3.8) is 0 Å². The molecule has 0 saturated carbocycles. The van der Waals surface area contributed by atoms with E-state index in [0.29, 0.717) is 11.3 Å². The van der Waals surface area contributed by atoms with E-state index in [1.54, 1.807) is 18.2 Å². The maximum atomic E-state index is 11.1. The molecule has 0 spiro atoms. The van der Waals surface area contributed by atoms with Crippen LogP contribution in [0, 0.1) is 6.92 Å². The van der Waals surface area contributed by atoms with Crippen molar-refractivity contribution in [1.82, 2.24) is 0 Å². The zero-order valence-corrected chi connectivity index (χ0v) is 10.7. The van der Waals surface area contributed by atoms with Gasteiger partial charge in [-0.1, -0.05) is 30.0 Å². The Bertz CT molecular complexity index is 596. The van der Waals surface area contributed by atoms with Crippen LogP contribution >= 0.6 is 11.8 Å². The van der Waals surface area contributed by atoms with Gasteiger partial charge in [0, 0.05) is 15.5 Å². The van der Waals surface area contributed by atoms with Gasteiger partial charge in [0.1, 0.15) is 0 Å². The lowest BCUT2D eigenvalue weighted by Crippen LogP contribution is -1.98. The number of hydrogen-bond acceptors (Lipinski definition) is 3. The Morgan fingerprint density at radius 3 is 2.61 bits per heavy atom. The van der Waals surface area contributed by atoms with E-state index in [-0.39, 0.29) is 0 Å². The lowest BCUT2D eigenvalue weighted by Gasteiger charge is -2.08. The normalized spacial score (nSPS) is 10.3. The first-order chi connectivity index (χ1) is 8.58. The molecule has 3 N–H and O–H groups in total. The van der Waals surface area contributed by atoms with Crippen molar-refractivity contribution in [2.24, 2.45) is 0 Å². The number of rotatable bonds is 3. The van der Waals surface area contributed by atoms with E-state index in [1.807, 2.05) is 31.2 Å². The SMILES string of the molecule is Cc1ccc(N)cc1Sc1ccccc1C(=O)O. The molecule has 4 heteroatoms. The van der Waals surface area contributed by atoms with Crippen LogP contribution in [0.1, 0.15) is 15.9 Å². The van der Waals surface area contributed by atoms with Gasteiger partial charge in [0.05, 0.1) is 5.56 Å². The number of benzene rings is 2. The van der Waals surface area contributed by atoms with Crippen molar-refractivity contribution in [1.29, 1.82) is 0 Å². The molecule has 0 fully saturated rings. The fraction of sp³-hybridized carbons (Fsp3) is 0.0714. The van der Waals surface area contributed by atoms with Crippen molar-refractivity contribution < 1.29 is 9.90 Å². The quantitative estimate of drug-likeness (QED) is 0.829. The molecule has 0 radical (unpaired) electrons. The van der Waals surface area contributed by atoms with Gasteiger partial charge in [0.25, 0.3) is 0 Å². The predicted octanol–water partition coefficient (Wildman–Crippen LogP) is 3.43. The van der Waals surface area contributed by atoms with Crippen LogP contribution in [0.25, 0.3) is 0 Å². The average Bonchev–Trinajstić information content (AvgIpc) is 2.34. The Hall–Kier alpha value is -1.94. The van der Waals surface area contributed by atoms with E-state index in [9.17, 15) is 4.79 Å². The fourth-order valence-electron chi connectivity index (χ4n) is 1.58. The van der Waals surface area contributed by atoms with Gasteiger partial charge in [-0.15, -0.1) is 0 Å². The van der Waals surface area contributed by atoms with Crippen molar-refractivity contribution in [3.8, 4) is 0 Å². The van der Waals surface area contributed by atoms with Gasteiger partial charge in [-0.3, -0.25) is 0 Å². The minimum Gasteiger partial charge on any atom is -0.478 e. The summed E-state index contributed by atoms with van der Waals surface area (Å²) in [7, 11) is 0. The molecule has 0 aliphatic carbocycles. The van der Waals surface area contributed by atoms with Crippen molar-refractivity contribution in [2.75, 3.05) is 5.73 Å². The van der Waals surface area contributed by atoms with E-state index in [4.69, 9.17) is 10.8 Å². The van der Waals surface area contributed by atoms with Gasteiger partial charge in [-0.2, -0.15) is 0 Å². The number of aryl methyl sites for hydroxylation is 1. The fourth-order valence-corrected chi connectivity index (χ4v) is 2.65. The summed E-state index contributed by atoms with van der Waals surface area (Å²) in [5.74, 6) is -0.917. The minimum absolute atomic E-state index is 0.310. The molecule has 0 aromatic heterocycles. The number of aromatic carboxylic acids is 1. The predicted molar refractivity (Wildman–Crippen MR) is 73.1 cm³/mol. The highest BCUT2D eigenvalue weighted by atomic mass is 32.2. The highest BCUT2D eigenvalue weighted by molar-refractivity contribution is 7.99. The third kappa shape index (κ3) is 2.65. The van der Waals surface area contributed by atoms with Crippen LogP contribution in [-0.4, -0.2) is 11.1 Å². The molecule has 0 amide bonds. The van der Waals surface area contributed by atoms with Gasteiger partial charge in [-0.05, 0) is 36.8 Å². The van der Waals surface area contributed by atoms with E-state index in [1.165, 1.54) is 11.8 Å². The molecule has 3 nitrogen and oxygen atoms in total. The maximum absolute atomic E-state index is 11.1. The lowest BCUT2D eigenvalue weighted by atomic mass is 10.2. The van der Waals surface area contributed by atoms with E-state index in [0.717, 1.165) is 15.4 Å². The molecule has 2 aromatic carbocycles. The standard InChI is InChI=1S/C14H13NO2S/c1-9-6-7-10(15)8-13(9)18-12-5-3-2-4-11(12)14(16)17/h2-8H,15H2,1H3,(H,16,17). The summed E-state index contributed by atoms with van der Waals surface area (Å²) < 4.78 is 0. The zero-order valence-electron chi connectivity index (χ0n) is 9.88. The van der Waals surface area contributed by atoms with E-state index < -0.39 is 5.97 Å². The van der Waals surface area contributed by atoms with E-state index in [2.05, 4.69) is 0 Å². The molecular formula is C14H13NO2S. The topological polar surface area (TPSA) is 63.3 Å². The molecule has 0 aliphatic rings. The van der Waals surface area contributed by atoms with Gasteiger partial charge >= 0.3 is 5.97 Å². The molecule has 92 valence electrons. The second kappa shape index (κ2) is 5.14. The lowest BCUT2D eigenvalue weighted by molar-refractivity contribution is 0.0693. The van der Waals surface area contributed by atoms with Crippen LogP contribution < -0.4 is 5.73 Å². The Labute approximate surface area is 110 Å². The van der Waals surface area contributed by atoms with Crippen LogP contribution in [0.5, 0.6) is 0 Å². The molecule has 18 heavy (non-hydrogen) atoms. The second-order valence-electron chi connectivity index (χ2n) is 3.93. The number of nitrogen functional groups attached to an aromatic ring is 1. The second-order valence-corrected chi connectivity index (χ2v) is 5.01. The molecule has 2 rings (SSSR count). The van der Waals surface area contributed by atoms with Gasteiger partial charge in [0.15, 0.2) is 0 Å². The van der Waals surface area contributed by atoms with Crippen molar-refractivity contribution in [3.05, 3.63) is 53.6 Å².